The summed E-state index contributed by atoms with van der Waals surface area (Å²) in [7, 11) is 0. The SMILES string of the molecule is CCCCCCCCCCCCCCCCOC(C)c1ccc(-c2ccc(C(=O)Oc3ccc(C(CCC)CCCCCCCCCCC)cc3)cc2)cc1. The third-order valence-electron chi connectivity index (χ3n) is 11.6. The van der Waals surface area contributed by atoms with Crippen LogP contribution in [0, 0.1) is 0 Å². The van der Waals surface area contributed by atoms with Gasteiger partial charge in [-0.15, -0.1) is 0 Å². The molecule has 0 heterocycles. The topological polar surface area (TPSA) is 35.5 Å². The average molecular weight is 753 g/mol. The van der Waals surface area contributed by atoms with Crippen molar-refractivity contribution in [2.24, 2.45) is 0 Å². The van der Waals surface area contributed by atoms with E-state index in [-0.39, 0.29) is 12.1 Å². The molecule has 306 valence electrons. The van der Waals surface area contributed by atoms with E-state index in [0.717, 1.165) is 24.2 Å². The molecule has 0 radical (unpaired) electrons. The van der Waals surface area contributed by atoms with Gasteiger partial charge >= 0.3 is 5.97 Å². The summed E-state index contributed by atoms with van der Waals surface area (Å²) >= 11 is 0. The van der Waals surface area contributed by atoms with Crippen molar-refractivity contribution in [1.29, 1.82) is 0 Å². The van der Waals surface area contributed by atoms with Crippen LogP contribution in [0.3, 0.4) is 0 Å². The quantitative estimate of drug-likeness (QED) is 0.0353. The van der Waals surface area contributed by atoms with E-state index in [9.17, 15) is 4.79 Å². The molecule has 0 bridgehead atoms. The molecule has 0 aliphatic rings. The molecule has 0 saturated carbocycles. The summed E-state index contributed by atoms with van der Waals surface area (Å²) in [5.74, 6) is 0.863. The first-order valence-corrected chi connectivity index (χ1v) is 23.2. The Bertz CT molecular complexity index is 1340. The van der Waals surface area contributed by atoms with Gasteiger partial charge in [-0.3, -0.25) is 0 Å². The van der Waals surface area contributed by atoms with Crippen molar-refractivity contribution in [2.75, 3.05) is 6.61 Å². The highest BCUT2D eigenvalue weighted by molar-refractivity contribution is 5.91. The Balaban J connectivity index is 1.31. The Labute approximate surface area is 338 Å². The minimum atomic E-state index is -0.320. The molecule has 0 aliphatic carbocycles. The Hall–Kier alpha value is -2.91. The molecule has 2 atom stereocenters. The number of benzene rings is 3. The summed E-state index contributed by atoms with van der Waals surface area (Å²) in [6.07, 6.45) is 35.2. The number of carbonyl (C=O) groups is 1. The zero-order valence-electron chi connectivity index (χ0n) is 35.9. The van der Waals surface area contributed by atoms with Gasteiger partial charge in [-0.2, -0.15) is 0 Å². The van der Waals surface area contributed by atoms with Crippen molar-refractivity contribution < 1.29 is 14.3 Å². The maximum atomic E-state index is 13.0. The van der Waals surface area contributed by atoms with Crippen molar-refractivity contribution in [3.05, 3.63) is 89.5 Å². The fraction of sp³-hybridized carbons (Fsp3) is 0.635. The highest BCUT2D eigenvalue weighted by Gasteiger charge is 2.14. The fourth-order valence-electron chi connectivity index (χ4n) is 7.90. The number of esters is 1. The third kappa shape index (κ3) is 20.2. The van der Waals surface area contributed by atoms with E-state index in [1.807, 2.05) is 36.4 Å². The van der Waals surface area contributed by atoms with Crippen LogP contribution >= 0.6 is 0 Å². The lowest BCUT2D eigenvalue weighted by molar-refractivity contribution is 0.0627. The average Bonchev–Trinajstić information content (AvgIpc) is 3.21. The van der Waals surface area contributed by atoms with Crippen molar-refractivity contribution in [2.45, 2.75) is 207 Å². The normalized spacial score (nSPS) is 12.5. The molecule has 0 fully saturated rings. The minimum absolute atomic E-state index is 0.0829. The van der Waals surface area contributed by atoms with Gasteiger partial charge in [-0.25, -0.2) is 4.79 Å². The molecule has 0 amide bonds. The van der Waals surface area contributed by atoms with Gasteiger partial charge in [-0.1, -0.05) is 217 Å². The first-order chi connectivity index (χ1) is 27.0. The van der Waals surface area contributed by atoms with Crippen LogP contribution in [0.1, 0.15) is 228 Å². The summed E-state index contributed by atoms with van der Waals surface area (Å²) < 4.78 is 12.0. The number of carbonyl (C=O) groups excluding carboxylic acids is 1. The van der Waals surface area contributed by atoms with E-state index < -0.39 is 0 Å². The van der Waals surface area contributed by atoms with Gasteiger partial charge in [0.05, 0.1) is 11.7 Å². The van der Waals surface area contributed by atoms with Gasteiger partial charge in [0.15, 0.2) is 0 Å². The van der Waals surface area contributed by atoms with Crippen LogP contribution in [0.25, 0.3) is 11.1 Å². The molecule has 55 heavy (non-hydrogen) atoms. The second-order valence-corrected chi connectivity index (χ2v) is 16.4. The highest BCUT2D eigenvalue weighted by Crippen LogP contribution is 2.30. The van der Waals surface area contributed by atoms with Crippen molar-refractivity contribution in [1.82, 2.24) is 0 Å². The first-order valence-electron chi connectivity index (χ1n) is 23.2. The molecule has 3 aromatic carbocycles. The standard InChI is InChI=1S/C52H80O3/c1-5-8-10-12-14-16-17-18-19-20-22-24-26-28-43-54-44(4)45-31-33-47(34-32-45)48-35-37-50(38-36-48)52(53)55-51-41-39-49(40-42-51)46(29-7-3)30-27-25-23-21-15-13-11-9-6-2/h31-42,44,46H,5-30,43H2,1-4H3. The van der Waals surface area contributed by atoms with Crippen LogP contribution < -0.4 is 4.74 Å². The van der Waals surface area contributed by atoms with E-state index in [4.69, 9.17) is 9.47 Å². The zero-order valence-corrected chi connectivity index (χ0v) is 35.9. The molecule has 3 nitrogen and oxygen atoms in total. The summed E-state index contributed by atoms with van der Waals surface area (Å²) in [5.41, 5.74) is 5.33. The Morgan fingerprint density at radius 1 is 0.455 bits per heavy atom. The third-order valence-corrected chi connectivity index (χ3v) is 11.6. The van der Waals surface area contributed by atoms with Crippen molar-refractivity contribution in [3.63, 3.8) is 0 Å². The van der Waals surface area contributed by atoms with Gasteiger partial charge in [0.25, 0.3) is 0 Å². The van der Waals surface area contributed by atoms with Crippen LogP contribution in [0.2, 0.25) is 0 Å². The Morgan fingerprint density at radius 3 is 1.35 bits per heavy atom. The van der Waals surface area contributed by atoms with E-state index in [2.05, 4.69) is 64.1 Å². The molecular weight excluding hydrogens is 673 g/mol. The van der Waals surface area contributed by atoms with Crippen LogP contribution in [0.5, 0.6) is 5.75 Å². The Morgan fingerprint density at radius 2 is 0.873 bits per heavy atom. The van der Waals surface area contributed by atoms with E-state index in [1.165, 1.54) is 172 Å². The van der Waals surface area contributed by atoms with Crippen LogP contribution in [0.15, 0.2) is 72.8 Å². The van der Waals surface area contributed by atoms with Gasteiger partial charge in [0, 0.05) is 6.61 Å². The molecule has 3 rings (SSSR count). The summed E-state index contributed by atoms with van der Waals surface area (Å²) in [6.45, 7) is 9.82. The molecule has 0 aliphatic heterocycles. The number of hydrogen-bond donors (Lipinski definition) is 0. The molecule has 3 heteroatoms. The lowest BCUT2D eigenvalue weighted by Gasteiger charge is -2.17. The predicted octanol–water partition coefficient (Wildman–Crippen LogP) is 16.9. The smallest absolute Gasteiger partial charge is 0.343 e. The number of ether oxygens (including phenoxy) is 2. The van der Waals surface area contributed by atoms with Crippen LogP contribution in [-0.2, 0) is 4.74 Å². The maximum Gasteiger partial charge on any atom is 0.343 e. The predicted molar refractivity (Wildman–Crippen MR) is 237 cm³/mol. The van der Waals surface area contributed by atoms with Gasteiger partial charge in [-0.05, 0) is 78.6 Å². The minimum Gasteiger partial charge on any atom is -0.423 e. The van der Waals surface area contributed by atoms with Crippen molar-refractivity contribution >= 4 is 5.97 Å². The van der Waals surface area contributed by atoms with Crippen LogP contribution in [0.4, 0.5) is 0 Å². The molecule has 0 spiro atoms. The largest absolute Gasteiger partial charge is 0.423 e. The van der Waals surface area contributed by atoms with Crippen molar-refractivity contribution in [3.8, 4) is 16.9 Å². The maximum absolute atomic E-state index is 13.0. The molecule has 0 N–H and O–H groups in total. The summed E-state index contributed by atoms with van der Waals surface area (Å²) in [5, 5.41) is 0. The van der Waals surface area contributed by atoms with E-state index >= 15 is 0 Å². The van der Waals surface area contributed by atoms with E-state index in [1.54, 1.807) is 0 Å². The molecule has 0 aromatic heterocycles. The summed E-state index contributed by atoms with van der Waals surface area (Å²) in [6, 6.07) is 24.6. The second kappa shape index (κ2) is 30.3. The lowest BCUT2D eigenvalue weighted by atomic mass is 9.89. The first kappa shape index (κ1) is 46.5. The monoisotopic (exact) mass is 753 g/mol. The summed E-state index contributed by atoms with van der Waals surface area (Å²) in [4.78, 5) is 13.0. The fourth-order valence-corrected chi connectivity index (χ4v) is 7.90. The van der Waals surface area contributed by atoms with Gasteiger partial charge in [0.1, 0.15) is 5.75 Å². The van der Waals surface area contributed by atoms with Crippen LogP contribution in [-0.4, -0.2) is 12.6 Å². The Kier molecular flexibility index (Phi) is 25.6. The number of hydrogen-bond acceptors (Lipinski definition) is 3. The van der Waals surface area contributed by atoms with E-state index in [0.29, 0.717) is 17.2 Å². The second-order valence-electron chi connectivity index (χ2n) is 16.4. The van der Waals surface area contributed by atoms with Gasteiger partial charge < -0.3 is 9.47 Å². The highest BCUT2D eigenvalue weighted by atomic mass is 16.5. The molecule has 3 aromatic rings. The number of rotatable bonds is 33. The molecular formula is C52H80O3. The zero-order chi connectivity index (χ0) is 39.2. The number of unbranched alkanes of at least 4 members (excludes halogenated alkanes) is 21. The molecule has 0 saturated heterocycles. The van der Waals surface area contributed by atoms with Gasteiger partial charge in [0.2, 0.25) is 0 Å². The molecule has 2 unspecified atom stereocenters. The lowest BCUT2D eigenvalue weighted by Crippen LogP contribution is -2.08.